The van der Waals surface area contributed by atoms with Crippen LogP contribution in [0.5, 0.6) is 0 Å². The Morgan fingerprint density at radius 2 is 1.89 bits per heavy atom. The number of likely N-dealkylation sites (tertiary alicyclic amines) is 1. The molecule has 240 valence electrons. The van der Waals surface area contributed by atoms with Crippen molar-refractivity contribution < 1.29 is 29.0 Å². The van der Waals surface area contributed by atoms with E-state index in [1.807, 2.05) is 75.4 Å². The fourth-order valence-electron chi connectivity index (χ4n) is 7.91. The summed E-state index contributed by atoms with van der Waals surface area (Å²) in [4.78, 5) is 47.0. The maximum absolute atomic E-state index is 15.1. The largest absolute Gasteiger partial charge is 0.465 e. The minimum atomic E-state index is -1.25. The number of hydrogen-bond donors (Lipinski definition) is 1. The van der Waals surface area contributed by atoms with Gasteiger partial charge in [0.15, 0.2) is 0 Å². The van der Waals surface area contributed by atoms with E-state index in [-0.39, 0.29) is 25.0 Å². The van der Waals surface area contributed by atoms with E-state index in [1.54, 1.807) is 11.0 Å². The van der Waals surface area contributed by atoms with Gasteiger partial charge in [-0.2, -0.15) is 0 Å². The molecule has 6 atom stereocenters. The van der Waals surface area contributed by atoms with Gasteiger partial charge in [-0.05, 0) is 75.1 Å². The van der Waals surface area contributed by atoms with E-state index in [9.17, 15) is 14.7 Å². The highest BCUT2D eigenvalue weighted by Gasteiger charge is 2.79. The van der Waals surface area contributed by atoms with Gasteiger partial charge in [0.05, 0.1) is 30.8 Å². The molecule has 0 radical (unpaired) electrons. The SMILES string of the molecule is C=CCCCCOC(=O)[C@@H]1[C@H]2C(=O)N([C@H](CO)c3ccccc3)C(C(=O)N(CC=C)c3cc(C)ccc3C)C23CC[C@@]1(CC)O3. The lowest BCUT2D eigenvalue weighted by Gasteiger charge is -2.40. The smallest absolute Gasteiger partial charge is 0.312 e. The lowest BCUT2D eigenvalue weighted by molar-refractivity contribution is -0.162. The molecule has 8 heteroatoms. The summed E-state index contributed by atoms with van der Waals surface area (Å²) in [7, 11) is 0. The second-order valence-electron chi connectivity index (χ2n) is 12.7. The fraction of sp³-hybridized carbons (Fsp3) is 0.486. The van der Waals surface area contributed by atoms with Crippen LogP contribution in [0.1, 0.15) is 68.2 Å². The number of aliphatic hydroxyl groups excluding tert-OH is 1. The summed E-state index contributed by atoms with van der Waals surface area (Å²) in [6, 6.07) is 13.3. The minimum absolute atomic E-state index is 0.215. The zero-order chi connectivity index (χ0) is 32.4. The molecule has 3 aliphatic heterocycles. The summed E-state index contributed by atoms with van der Waals surface area (Å²) in [6.45, 7) is 13.6. The van der Waals surface area contributed by atoms with Crippen LogP contribution >= 0.6 is 0 Å². The molecule has 0 aromatic heterocycles. The Hall–Kier alpha value is -3.75. The van der Waals surface area contributed by atoms with Crippen LogP contribution in [-0.2, 0) is 23.9 Å². The van der Waals surface area contributed by atoms with E-state index in [0.717, 1.165) is 29.7 Å². The number of anilines is 1. The van der Waals surface area contributed by atoms with Crippen molar-refractivity contribution in [2.75, 3.05) is 24.7 Å². The van der Waals surface area contributed by atoms with Crippen molar-refractivity contribution in [3.05, 3.63) is 90.5 Å². The monoisotopic (exact) mass is 614 g/mol. The van der Waals surface area contributed by atoms with Gasteiger partial charge in [0, 0.05) is 12.2 Å². The molecule has 3 saturated heterocycles. The van der Waals surface area contributed by atoms with Gasteiger partial charge in [0.1, 0.15) is 17.6 Å². The third-order valence-corrected chi connectivity index (χ3v) is 10.1. The Balaban J connectivity index is 1.62. The van der Waals surface area contributed by atoms with Crippen molar-refractivity contribution in [3.63, 3.8) is 0 Å². The van der Waals surface area contributed by atoms with Crippen LogP contribution in [0.3, 0.4) is 0 Å². The van der Waals surface area contributed by atoms with Gasteiger partial charge in [-0.3, -0.25) is 14.4 Å². The van der Waals surface area contributed by atoms with Gasteiger partial charge < -0.3 is 24.4 Å². The average molecular weight is 615 g/mol. The Labute approximate surface area is 266 Å². The number of aryl methyl sites for hydroxylation is 2. The van der Waals surface area contributed by atoms with Crippen LogP contribution < -0.4 is 4.90 Å². The summed E-state index contributed by atoms with van der Waals surface area (Å²) in [6.07, 6.45) is 7.35. The van der Waals surface area contributed by atoms with Crippen molar-refractivity contribution >= 4 is 23.5 Å². The molecule has 45 heavy (non-hydrogen) atoms. The Kier molecular flexibility index (Phi) is 9.65. The van der Waals surface area contributed by atoms with Crippen molar-refractivity contribution in [2.24, 2.45) is 11.8 Å². The minimum Gasteiger partial charge on any atom is -0.465 e. The summed E-state index contributed by atoms with van der Waals surface area (Å²) in [5.41, 5.74) is 1.15. The number of hydrogen-bond acceptors (Lipinski definition) is 6. The number of fused-ring (bicyclic) bond motifs is 1. The fourth-order valence-corrected chi connectivity index (χ4v) is 7.91. The lowest BCUT2D eigenvalue weighted by Crippen LogP contribution is -2.57. The number of amides is 2. The molecule has 5 rings (SSSR count). The predicted octanol–water partition coefficient (Wildman–Crippen LogP) is 5.61. The summed E-state index contributed by atoms with van der Waals surface area (Å²) in [5, 5.41) is 10.8. The number of ether oxygens (including phenoxy) is 2. The van der Waals surface area contributed by atoms with Crippen LogP contribution in [-0.4, -0.2) is 64.8 Å². The predicted molar refractivity (Wildman–Crippen MR) is 173 cm³/mol. The zero-order valence-corrected chi connectivity index (χ0v) is 26.7. The Morgan fingerprint density at radius 1 is 1.13 bits per heavy atom. The standard InChI is InChI=1S/C37H46N2O6/c1-6-9-10-14-22-44-35(43)31-30-33(41)39(29(24-40)27-15-12-11-13-16-27)32(37(30)20-19-36(31,8-3)45-37)34(42)38(21-7-2)28-23-25(4)17-18-26(28)5/h6-7,11-13,15-18,23,29-32,40H,1-2,8-10,14,19-22,24H2,3-5H3/t29-,30+,31+,32?,36-,37?/m1/s1. The lowest BCUT2D eigenvalue weighted by atomic mass is 9.65. The van der Waals surface area contributed by atoms with Crippen LogP contribution in [0.4, 0.5) is 5.69 Å². The first kappa shape index (κ1) is 32.6. The van der Waals surface area contributed by atoms with Gasteiger partial charge in [0.25, 0.3) is 5.91 Å². The highest BCUT2D eigenvalue weighted by molar-refractivity contribution is 6.05. The summed E-state index contributed by atoms with van der Waals surface area (Å²) < 4.78 is 12.8. The quantitative estimate of drug-likeness (QED) is 0.169. The second kappa shape index (κ2) is 13.3. The number of carbonyl (C=O) groups is 3. The normalized spacial score (nSPS) is 27.2. The molecule has 0 aliphatic carbocycles. The van der Waals surface area contributed by atoms with Crippen molar-refractivity contribution in [1.82, 2.24) is 4.90 Å². The van der Waals surface area contributed by atoms with E-state index >= 15 is 4.79 Å². The molecule has 3 heterocycles. The molecule has 3 aliphatic rings. The van der Waals surface area contributed by atoms with Crippen LogP contribution in [0, 0.1) is 25.7 Å². The third-order valence-electron chi connectivity index (χ3n) is 10.1. The van der Waals surface area contributed by atoms with Crippen LogP contribution in [0.2, 0.25) is 0 Å². The molecule has 8 nitrogen and oxygen atoms in total. The molecule has 2 aromatic carbocycles. The Bertz CT molecular complexity index is 1440. The molecular formula is C37H46N2O6. The Morgan fingerprint density at radius 3 is 2.56 bits per heavy atom. The molecule has 2 amide bonds. The highest BCUT2D eigenvalue weighted by atomic mass is 16.6. The average Bonchev–Trinajstić information content (AvgIpc) is 3.65. The second-order valence-corrected chi connectivity index (χ2v) is 12.7. The number of esters is 1. The summed E-state index contributed by atoms with van der Waals surface area (Å²) >= 11 is 0. The van der Waals surface area contributed by atoms with Gasteiger partial charge in [-0.25, -0.2) is 0 Å². The van der Waals surface area contributed by atoms with E-state index < -0.39 is 47.7 Å². The third kappa shape index (κ3) is 5.52. The molecule has 1 N–H and O–H groups in total. The van der Waals surface area contributed by atoms with Crippen LogP contribution in [0.25, 0.3) is 0 Å². The number of allylic oxidation sites excluding steroid dienone is 1. The van der Waals surface area contributed by atoms with Gasteiger partial charge in [0.2, 0.25) is 5.91 Å². The van der Waals surface area contributed by atoms with Gasteiger partial charge >= 0.3 is 5.97 Å². The van der Waals surface area contributed by atoms with Crippen molar-refractivity contribution in [3.8, 4) is 0 Å². The maximum Gasteiger partial charge on any atom is 0.312 e. The highest BCUT2D eigenvalue weighted by Crippen LogP contribution is 2.65. The molecule has 1 spiro atoms. The first-order valence-electron chi connectivity index (χ1n) is 16.1. The first-order chi connectivity index (χ1) is 21.7. The van der Waals surface area contributed by atoms with Gasteiger partial charge in [-0.15, -0.1) is 13.2 Å². The number of aliphatic hydroxyl groups is 1. The number of nitrogens with zero attached hydrogens (tertiary/aromatic N) is 2. The molecular weight excluding hydrogens is 568 g/mol. The number of carbonyl (C=O) groups excluding carboxylic acids is 3. The first-order valence-corrected chi connectivity index (χ1v) is 16.1. The molecule has 2 bridgehead atoms. The number of rotatable bonds is 14. The number of benzene rings is 2. The zero-order valence-electron chi connectivity index (χ0n) is 26.7. The molecule has 3 fully saturated rings. The summed E-state index contributed by atoms with van der Waals surface area (Å²) in [5.74, 6) is -2.91. The topological polar surface area (TPSA) is 96.4 Å². The van der Waals surface area contributed by atoms with E-state index in [1.165, 1.54) is 4.90 Å². The molecule has 2 aromatic rings. The van der Waals surface area contributed by atoms with E-state index in [0.29, 0.717) is 31.2 Å². The number of unbranched alkanes of at least 4 members (excludes halogenated alkanes) is 2. The van der Waals surface area contributed by atoms with Crippen molar-refractivity contribution in [1.29, 1.82) is 0 Å². The van der Waals surface area contributed by atoms with E-state index in [4.69, 9.17) is 9.47 Å². The van der Waals surface area contributed by atoms with Crippen molar-refractivity contribution in [2.45, 2.75) is 82.6 Å². The van der Waals surface area contributed by atoms with E-state index in [2.05, 4.69) is 13.2 Å². The van der Waals surface area contributed by atoms with Crippen LogP contribution in [0.15, 0.2) is 73.8 Å². The maximum atomic E-state index is 15.1. The molecule has 0 saturated carbocycles. The molecule has 2 unspecified atom stereocenters. The van der Waals surface area contributed by atoms with Gasteiger partial charge in [-0.1, -0.05) is 61.5 Å².